The minimum atomic E-state index is -3.63. The van der Waals surface area contributed by atoms with Crippen molar-refractivity contribution in [1.29, 1.82) is 0 Å². The molecule has 0 atom stereocenters. The van der Waals surface area contributed by atoms with Crippen molar-refractivity contribution in [2.45, 2.75) is 17.9 Å². The van der Waals surface area contributed by atoms with Gasteiger partial charge in [-0.2, -0.15) is 4.31 Å². The van der Waals surface area contributed by atoms with Gasteiger partial charge >= 0.3 is 0 Å². The van der Waals surface area contributed by atoms with E-state index in [4.69, 9.17) is 5.73 Å². The summed E-state index contributed by atoms with van der Waals surface area (Å²) < 4.78 is 27.5. The Morgan fingerprint density at radius 3 is 2.20 bits per heavy atom. The number of nitrogen functional groups attached to an aromatic ring is 1. The summed E-state index contributed by atoms with van der Waals surface area (Å²) >= 11 is 1.20. The van der Waals surface area contributed by atoms with Gasteiger partial charge < -0.3 is 5.73 Å². The highest BCUT2D eigenvalue weighted by Gasteiger charge is 2.25. The molecule has 3 rings (SSSR count). The molecule has 25 heavy (non-hydrogen) atoms. The van der Waals surface area contributed by atoms with Crippen LogP contribution in [0.3, 0.4) is 0 Å². The summed E-state index contributed by atoms with van der Waals surface area (Å²) in [6, 6.07) is 18.2. The minimum absolute atomic E-state index is 0.152. The number of sulfonamides is 1. The second kappa shape index (κ2) is 7.73. The molecule has 1 aromatic heterocycles. The van der Waals surface area contributed by atoms with Gasteiger partial charge in [-0.3, -0.25) is 0 Å². The quantitative estimate of drug-likeness (QED) is 0.686. The predicted octanol–water partition coefficient (Wildman–Crippen LogP) is 2.55. The molecule has 0 amide bonds. The summed E-state index contributed by atoms with van der Waals surface area (Å²) in [5.41, 5.74) is 6.69. The molecule has 0 saturated heterocycles. The minimum Gasteiger partial charge on any atom is -0.374 e. The molecular formula is C17H18N4O2S2. The zero-order valence-corrected chi connectivity index (χ0v) is 15.1. The first kappa shape index (κ1) is 17.5. The van der Waals surface area contributed by atoms with Crippen LogP contribution in [0.5, 0.6) is 0 Å². The molecule has 8 heteroatoms. The van der Waals surface area contributed by atoms with Gasteiger partial charge in [-0.1, -0.05) is 59.9 Å². The number of anilines is 1. The molecular weight excluding hydrogens is 356 g/mol. The van der Waals surface area contributed by atoms with E-state index in [2.05, 4.69) is 10.2 Å². The van der Waals surface area contributed by atoms with Crippen LogP contribution in [0, 0.1) is 0 Å². The lowest BCUT2D eigenvalue weighted by atomic mass is 10.1. The highest BCUT2D eigenvalue weighted by atomic mass is 32.2. The largest absolute Gasteiger partial charge is 0.374 e. The van der Waals surface area contributed by atoms with Gasteiger partial charge in [-0.25, -0.2) is 8.42 Å². The first-order valence-corrected chi connectivity index (χ1v) is 9.98. The molecule has 2 aromatic carbocycles. The number of rotatable bonds is 7. The lowest BCUT2D eigenvalue weighted by Crippen LogP contribution is -2.32. The Bertz CT molecular complexity index is 912. The molecule has 0 bridgehead atoms. The zero-order chi connectivity index (χ0) is 17.7. The van der Waals surface area contributed by atoms with E-state index in [1.165, 1.54) is 15.6 Å². The zero-order valence-electron chi connectivity index (χ0n) is 13.4. The predicted molar refractivity (Wildman–Crippen MR) is 98.5 cm³/mol. The van der Waals surface area contributed by atoms with Crippen LogP contribution in [-0.2, 0) is 23.0 Å². The lowest BCUT2D eigenvalue weighted by molar-refractivity contribution is 0.408. The van der Waals surface area contributed by atoms with Crippen LogP contribution in [0.15, 0.2) is 65.6 Å². The molecule has 0 aliphatic carbocycles. The first-order valence-electron chi connectivity index (χ1n) is 7.73. The number of hydrogen-bond donors (Lipinski definition) is 1. The van der Waals surface area contributed by atoms with Gasteiger partial charge in [-0.15, -0.1) is 10.2 Å². The lowest BCUT2D eigenvalue weighted by Gasteiger charge is -2.21. The van der Waals surface area contributed by atoms with Crippen LogP contribution in [0.25, 0.3) is 0 Å². The fourth-order valence-corrected chi connectivity index (χ4v) is 4.54. The van der Waals surface area contributed by atoms with E-state index in [1.54, 1.807) is 30.3 Å². The number of nitrogens with two attached hydrogens (primary N) is 1. The Hall–Kier alpha value is -2.29. The van der Waals surface area contributed by atoms with Crippen LogP contribution in [0.2, 0.25) is 0 Å². The van der Waals surface area contributed by atoms with Crippen LogP contribution in [0.4, 0.5) is 5.13 Å². The normalized spacial score (nSPS) is 11.7. The second-order valence-corrected chi connectivity index (χ2v) is 8.45. The second-order valence-electron chi connectivity index (χ2n) is 5.42. The molecule has 0 saturated carbocycles. The summed E-state index contributed by atoms with van der Waals surface area (Å²) in [5.74, 6) is 0. The van der Waals surface area contributed by atoms with E-state index < -0.39 is 10.0 Å². The van der Waals surface area contributed by atoms with Gasteiger partial charge in [-0.05, 0) is 24.1 Å². The van der Waals surface area contributed by atoms with Crippen molar-refractivity contribution in [1.82, 2.24) is 14.5 Å². The topological polar surface area (TPSA) is 89.2 Å². The summed E-state index contributed by atoms with van der Waals surface area (Å²) in [5, 5.41) is 8.63. The Morgan fingerprint density at radius 1 is 0.960 bits per heavy atom. The van der Waals surface area contributed by atoms with Crippen LogP contribution < -0.4 is 5.73 Å². The van der Waals surface area contributed by atoms with Gasteiger partial charge in [0.05, 0.1) is 11.4 Å². The average molecular weight is 374 g/mol. The molecule has 0 unspecified atom stereocenters. The van der Waals surface area contributed by atoms with E-state index in [0.29, 0.717) is 23.1 Å². The molecule has 0 spiro atoms. The van der Waals surface area contributed by atoms with E-state index >= 15 is 0 Å². The Kier molecular flexibility index (Phi) is 5.42. The highest BCUT2D eigenvalue weighted by molar-refractivity contribution is 7.89. The highest BCUT2D eigenvalue weighted by Crippen LogP contribution is 2.21. The van der Waals surface area contributed by atoms with Crippen molar-refractivity contribution in [2.24, 2.45) is 0 Å². The van der Waals surface area contributed by atoms with Crippen molar-refractivity contribution >= 4 is 26.5 Å². The number of benzene rings is 2. The SMILES string of the molecule is Nc1nnc(CN(CCc2ccccc2)S(=O)(=O)c2ccccc2)s1. The number of nitrogens with zero attached hydrogens (tertiary/aromatic N) is 3. The standard InChI is InChI=1S/C17H18N4O2S2/c18-17-20-19-16(24-17)13-21(12-11-14-7-3-1-4-8-14)25(22,23)15-9-5-2-6-10-15/h1-10H,11-13H2,(H2,18,20). The van der Waals surface area contributed by atoms with Crippen molar-refractivity contribution in [3.05, 3.63) is 71.2 Å². The summed E-state index contributed by atoms with van der Waals surface area (Å²) in [6.07, 6.45) is 0.612. The third-order valence-corrected chi connectivity index (χ3v) is 6.26. The van der Waals surface area contributed by atoms with Crippen LogP contribution in [-0.4, -0.2) is 29.5 Å². The van der Waals surface area contributed by atoms with E-state index in [9.17, 15) is 8.42 Å². The Morgan fingerprint density at radius 2 is 1.60 bits per heavy atom. The Balaban J connectivity index is 1.85. The fraction of sp³-hybridized carbons (Fsp3) is 0.176. The molecule has 0 radical (unpaired) electrons. The van der Waals surface area contributed by atoms with E-state index in [-0.39, 0.29) is 11.4 Å². The molecule has 3 aromatic rings. The Labute approximate surface area is 151 Å². The first-order chi connectivity index (χ1) is 12.1. The third kappa shape index (κ3) is 4.41. The van der Waals surface area contributed by atoms with E-state index in [0.717, 1.165) is 5.56 Å². The maximum absolute atomic E-state index is 13.0. The van der Waals surface area contributed by atoms with E-state index in [1.807, 2.05) is 30.3 Å². The third-order valence-electron chi connectivity index (χ3n) is 3.67. The summed E-state index contributed by atoms with van der Waals surface area (Å²) in [7, 11) is -3.63. The molecule has 2 N–H and O–H groups in total. The molecule has 130 valence electrons. The van der Waals surface area contributed by atoms with Crippen molar-refractivity contribution in [3.8, 4) is 0 Å². The monoisotopic (exact) mass is 374 g/mol. The van der Waals surface area contributed by atoms with Gasteiger partial charge in [0.1, 0.15) is 5.01 Å². The molecule has 0 fully saturated rings. The van der Waals surface area contributed by atoms with Crippen molar-refractivity contribution < 1.29 is 8.42 Å². The fourth-order valence-electron chi connectivity index (χ4n) is 2.41. The molecule has 1 heterocycles. The van der Waals surface area contributed by atoms with Gasteiger partial charge in [0.25, 0.3) is 0 Å². The molecule has 6 nitrogen and oxygen atoms in total. The smallest absolute Gasteiger partial charge is 0.243 e. The molecule has 0 aliphatic rings. The molecule has 0 aliphatic heterocycles. The maximum Gasteiger partial charge on any atom is 0.243 e. The number of hydrogen-bond acceptors (Lipinski definition) is 6. The maximum atomic E-state index is 13.0. The summed E-state index contributed by atoms with van der Waals surface area (Å²) in [6.45, 7) is 0.500. The summed E-state index contributed by atoms with van der Waals surface area (Å²) in [4.78, 5) is 0.264. The number of aromatic nitrogens is 2. The van der Waals surface area contributed by atoms with Gasteiger partial charge in [0, 0.05) is 6.54 Å². The van der Waals surface area contributed by atoms with Gasteiger partial charge in [0.2, 0.25) is 15.2 Å². The van der Waals surface area contributed by atoms with Crippen LogP contribution in [0.1, 0.15) is 10.6 Å². The van der Waals surface area contributed by atoms with Crippen LogP contribution >= 0.6 is 11.3 Å². The van der Waals surface area contributed by atoms with Crippen molar-refractivity contribution in [3.63, 3.8) is 0 Å². The van der Waals surface area contributed by atoms with Gasteiger partial charge in [0.15, 0.2) is 0 Å². The average Bonchev–Trinajstić information content (AvgIpc) is 3.05. The van der Waals surface area contributed by atoms with Crippen molar-refractivity contribution in [2.75, 3.05) is 12.3 Å².